The fourth-order valence-electron chi connectivity index (χ4n) is 1.50. The number of aliphatic hydroxyl groups excluding tert-OH is 1. The van der Waals surface area contributed by atoms with Crippen molar-refractivity contribution in [3.05, 3.63) is 58.8 Å². The summed E-state index contributed by atoms with van der Waals surface area (Å²) in [5, 5.41) is 9.87. The van der Waals surface area contributed by atoms with E-state index in [1.807, 2.05) is 0 Å². The molecule has 0 aliphatic carbocycles. The Kier molecular flexibility index (Phi) is 3.27. The molecule has 1 heterocycles. The average Bonchev–Trinajstić information content (AvgIpc) is 2.78. The molecule has 0 bridgehead atoms. The lowest BCUT2D eigenvalue weighted by Gasteiger charge is -2.09. The monoisotopic (exact) mass is 240 g/mol. The van der Waals surface area contributed by atoms with E-state index >= 15 is 0 Å². The van der Waals surface area contributed by atoms with E-state index in [1.165, 1.54) is 18.6 Å². The summed E-state index contributed by atoms with van der Waals surface area (Å²) in [5.41, 5.74) is 1.01. The molecule has 84 valence electrons. The fourth-order valence-corrected chi connectivity index (χ4v) is 1.69. The smallest absolute Gasteiger partial charge is 0.145 e. The van der Waals surface area contributed by atoms with Gasteiger partial charge in [0.2, 0.25) is 0 Å². The minimum atomic E-state index is -0.785. The number of hydrogen-bond acceptors (Lipinski definition) is 2. The summed E-state index contributed by atoms with van der Waals surface area (Å²) in [6.45, 7) is 0. The lowest BCUT2D eigenvalue weighted by Crippen LogP contribution is -2.02. The standard InChI is InChI=1S/C12H10ClFO2/c13-10-3-1-2-8(12(10)14)6-11(15)9-4-5-16-7-9/h1-5,7,11,15H,6H2. The van der Waals surface area contributed by atoms with Gasteiger partial charge < -0.3 is 9.52 Å². The van der Waals surface area contributed by atoms with Crippen LogP contribution in [0.4, 0.5) is 4.39 Å². The van der Waals surface area contributed by atoms with Gasteiger partial charge in [-0.05, 0) is 17.7 Å². The van der Waals surface area contributed by atoms with Crippen molar-refractivity contribution in [3.8, 4) is 0 Å². The van der Waals surface area contributed by atoms with Crippen molar-refractivity contribution < 1.29 is 13.9 Å². The lowest BCUT2D eigenvalue weighted by atomic mass is 10.0. The summed E-state index contributed by atoms with van der Waals surface area (Å²) in [5.74, 6) is -0.480. The molecule has 0 aliphatic rings. The molecule has 2 aromatic rings. The van der Waals surface area contributed by atoms with Crippen LogP contribution in [0.3, 0.4) is 0 Å². The van der Waals surface area contributed by atoms with Crippen molar-refractivity contribution in [3.63, 3.8) is 0 Å². The molecule has 0 fully saturated rings. The first-order valence-electron chi connectivity index (χ1n) is 4.81. The first-order chi connectivity index (χ1) is 7.68. The van der Waals surface area contributed by atoms with Crippen molar-refractivity contribution in [2.75, 3.05) is 0 Å². The highest BCUT2D eigenvalue weighted by atomic mass is 35.5. The van der Waals surface area contributed by atoms with E-state index in [0.717, 1.165) is 0 Å². The highest BCUT2D eigenvalue weighted by Gasteiger charge is 2.13. The van der Waals surface area contributed by atoms with Crippen molar-refractivity contribution in [1.82, 2.24) is 0 Å². The molecule has 0 spiro atoms. The van der Waals surface area contributed by atoms with Crippen LogP contribution in [0.2, 0.25) is 5.02 Å². The van der Waals surface area contributed by atoms with Gasteiger partial charge in [0.15, 0.2) is 0 Å². The van der Waals surface area contributed by atoms with Gasteiger partial charge in [0.05, 0.1) is 23.7 Å². The SMILES string of the molecule is OC(Cc1cccc(Cl)c1F)c1ccoc1. The Morgan fingerprint density at radius 1 is 1.38 bits per heavy atom. The van der Waals surface area contributed by atoms with Crippen molar-refractivity contribution in [1.29, 1.82) is 0 Å². The van der Waals surface area contributed by atoms with Gasteiger partial charge >= 0.3 is 0 Å². The van der Waals surface area contributed by atoms with Crippen LogP contribution < -0.4 is 0 Å². The highest BCUT2D eigenvalue weighted by Crippen LogP contribution is 2.23. The zero-order valence-corrected chi connectivity index (χ0v) is 9.12. The Morgan fingerprint density at radius 3 is 2.88 bits per heavy atom. The first kappa shape index (κ1) is 11.2. The van der Waals surface area contributed by atoms with E-state index in [0.29, 0.717) is 11.1 Å². The third kappa shape index (κ3) is 2.26. The first-order valence-corrected chi connectivity index (χ1v) is 5.19. The van der Waals surface area contributed by atoms with E-state index < -0.39 is 11.9 Å². The maximum absolute atomic E-state index is 13.5. The maximum Gasteiger partial charge on any atom is 0.145 e. The number of hydrogen-bond donors (Lipinski definition) is 1. The van der Waals surface area contributed by atoms with Gasteiger partial charge in [0.1, 0.15) is 5.82 Å². The second kappa shape index (κ2) is 4.68. The van der Waals surface area contributed by atoms with Gasteiger partial charge in [-0.25, -0.2) is 4.39 Å². The Bertz CT molecular complexity index is 468. The molecule has 2 rings (SSSR count). The Balaban J connectivity index is 2.18. The van der Waals surface area contributed by atoms with Gasteiger partial charge in [-0.3, -0.25) is 0 Å². The average molecular weight is 241 g/mol. The largest absolute Gasteiger partial charge is 0.472 e. The second-order valence-electron chi connectivity index (χ2n) is 3.49. The zero-order chi connectivity index (χ0) is 11.5. The van der Waals surface area contributed by atoms with Crippen LogP contribution in [0.15, 0.2) is 41.2 Å². The number of benzene rings is 1. The van der Waals surface area contributed by atoms with Crippen LogP contribution >= 0.6 is 11.6 Å². The summed E-state index contributed by atoms with van der Waals surface area (Å²) in [4.78, 5) is 0. The predicted octanol–water partition coefficient (Wildman–Crippen LogP) is 3.35. The van der Waals surface area contributed by atoms with E-state index in [1.54, 1.807) is 18.2 Å². The predicted molar refractivity (Wildman–Crippen MR) is 58.8 cm³/mol. The molecule has 4 heteroatoms. The molecule has 1 atom stereocenters. The summed E-state index contributed by atoms with van der Waals surface area (Å²) < 4.78 is 18.4. The molecule has 0 aliphatic heterocycles. The molecule has 16 heavy (non-hydrogen) atoms. The third-order valence-electron chi connectivity index (χ3n) is 2.37. The summed E-state index contributed by atoms with van der Waals surface area (Å²) >= 11 is 5.65. The second-order valence-corrected chi connectivity index (χ2v) is 3.90. The number of furan rings is 1. The van der Waals surface area contributed by atoms with Gasteiger partial charge in [0, 0.05) is 12.0 Å². The van der Waals surface area contributed by atoms with E-state index in [2.05, 4.69) is 0 Å². The van der Waals surface area contributed by atoms with Gasteiger partial charge in [-0.1, -0.05) is 23.7 Å². The molecule has 1 aromatic carbocycles. The molecular formula is C12H10ClFO2. The Morgan fingerprint density at radius 2 is 2.19 bits per heavy atom. The van der Waals surface area contributed by atoms with E-state index in [9.17, 15) is 9.50 Å². The number of rotatable bonds is 3. The normalized spacial score (nSPS) is 12.7. The Hall–Kier alpha value is -1.32. The van der Waals surface area contributed by atoms with E-state index in [4.69, 9.17) is 16.0 Å². The van der Waals surface area contributed by atoms with E-state index in [-0.39, 0.29) is 11.4 Å². The van der Waals surface area contributed by atoms with Gasteiger partial charge in [-0.15, -0.1) is 0 Å². The number of halogens is 2. The van der Waals surface area contributed by atoms with Gasteiger partial charge in [0.25, 0.3) is 0 Å². The molecule has 0 radical (unpaired) electrons. The van der Waals surface area contributed by atoms with Crippen LogP contribution in [0.5, 0.6) is 0 Å². The van der Waals surface area contributed by atoms with Crippen molar-refractivity contribution >= 4 is 11.6 Å². The summed E-state index contributed by atoms with van der Waals surface area (Å²) in [6.07, 6.45) is 2.29. The minimum Gasteiger partial charge on any atom is -0.472 e. The summed E-state index contributed by atoms with van der Waals surface area (Å²) in [7, 11) is 0. The minimum absolute atomic E-state index is 0.0666. The molecule has 0 saturated heterocycles. The molecule has 0 amide bonds. The lowest BCUT2D eigenvalue weighted by molar-refractivity contribution is 0.176. The highest BCUT2D eigenvalue weighted by molar-refractivity contribution is 6.30. The molecule has 1 unspecified atom stereocenters. The van der Waals surface area contributed by atoms with Crippen LogP contribution in [0.25, 0.3) is 0 Å². The molecule has 2 nitrogen and oxygen atoms in total. The van der Waals surface area contributed by atoms with Crippen LogP contribution in [-0.2, 0) is 6.42 Å². The van der Waals surface area contributed by atoms with Gasteiger partial charge in [-0.2, -0.15) is 0 Å². The van der Waals surface area contributed by atoms with Crippen LogP contribution in [-0.4, -0.2) is 5.11 Å². The quantitative estimate of drug-likeness (QED) is 0.893. The third-order valence-corrected chi connectivity index (χ3v) is 2.66. The fraction of sp³-hybridized carbons (Fsp3) is 0.167. The zero-order valence-electron chi connectivity index (χ0n) is 8.36. The van der Waals surface area contributed by atoms with Crippen molar-refractivity contribution in [2.24, 2.45) is 0 Å². The molecule has 1 N–H and O–H groups in total. The summed E-state index contributed by atoms with van der Waals surface area (Å²) in [6, 6.07) is 6.38. The topological polar surface area (TPSA) is 33.4 Å². The molecular weight excluding hydrogens is 231 g/mol. The van der Waals surface area contributed by atoms with Crippen LogP contribution in [0, 0.1) is 5.82 Å². The molecule has 1 aromatic heterocycles. The van der Waals surface area contributed by atoms with Crippen LogP contribution in [0.1, 0.15) is 17.2 Å². The van der Waals surface area contributed by atoms with Crippen molar-refractivity contribution in [2.45, 2.75) is 12.5 Å². The Labute approximate surface area is 97.3 Å². The molecule has 0 saturated carbocycles. The maximum atomic E-state index is 13.5. The number of aliphatic hydroxyl groups is 1.